The zero-order valence-electron chi connectivity index (χ0n) is 12.0. The molecule has 2 N–H and O–H groups in total. The van der Waals surface area contributed by atoms with Crippen molar-refractivity contribution in [1.29, 1.82) is 0 Å². The molecule has 1 saturated heterocycles. The molecule has 0 spiro atoms. The molecule has 19 heavy (non-hydrogen) atoms. The van der Waals surface area contributed by atoms with Gasteiger partial charge in [-0.05, 0) is 56.5 Å². The van der Waals surface area contributed by atoms with Gasteiger partial charge in [-0.25, -0.2) is 0 Å². The Kier molecular flexibility index (Phi) is 3.23. The lowest BCUT2D eigenvalue weighted by Gasteiger charge is -2.22. The number of hydrogen-bond donors (Lipinski definition) is 2. The van der Waals surface area contributed by atoms with Crippen LogP contribution in [0.1, 0.15) is 35.6 Å². The maximum atomic E-state index is 5.39. The van der Waals surface area contributed by atoms with Crippen LogP contribution in [0.3, 0.4) is 0 Å². The zero-order valence-corrected chi connectivity index (χ0v) is 12.0. The quantitative estimate of drug-likeness (QED) is 0.867. The molecule has 1 fully saturated rings. The van der Waals surface area contributed by atoms with E-state index in [2.05, 4.69) is 36.3 Å². The number of benzene rings is 1. The van der Waals surface area contributed by atoms with E-state index in [1.807, 2.05) is 0 Å². The summed E-state index contributed by atoms with van der Waals surface area (Å²) in [5.41, 5.74) is 5.30. The minimum absolute atomic E-state index is 0.617. The van der Waals surface area contributed by atoms with Gasteiger partial charge in [0.15, 0.2) is 0 Å². The molecule has 1 aromatic carbocycles. The summed E-state index contributed by atoms with van der Waals surface area (Å²) in [6.45, 7) is 6.61. The average Bonchev–Trinajstić information content (AvgIpc) is 2.78. The predicted molar refractivity (Wildman–Crippen MR) is 79.2 cm³/mol. The number of rotatable bonds is 2. The van der Waals surface area contributed by atoms with Gasteiger partial charge in [-0.1, -0.05) is 0 Å². The molecule has 1 unspecified atom stereocenters. The third kappa shape index (κ3) is 2.12. The maximum Gasteiger partial charge on any atom is 0.119 e. The molecule has 102 valence electrons. The van der Waals surface area contributed by atoms with Crippen molar-refractivity contribution in [2.75, 3.05) is 20.2 Å². The monoisotopic (exact) mass is 258 g/mol. The molecule has 0 amide bonds. The first-order chi connectivity index (χ1) is 9.20. The summed E-state index contributed by atoms with van der Waals surface area (Å²) in [6.07, 6.45) is 2.54. The lowest BCUT2D eigenvalue weighted by Crippen LogP contribution is -2.28. The second-order valence-electron chi connectivity index (χ2n) is 5.57. The smallest absolute Gasteiger partial charge is 0.119 e. The third-order valence-corrected chi connectivity index (χ3v) is 4.32. The fourth-order valence-corrected chi connectivity index (χ4v) is 3.21. The van der Waals surface area contributed by atoms with Crippen LogP contribution in [0.5, 0.6) is 5.75 Å². The molecule has 1 aromatic heterocycles. The van der Waals surface area contributed by atoms with Crippen LogP contribution >= 0.6 is 0 Å². The van der Waals surface area contributed by atoms with Crippen molar-refractivity contribution < 1.29 is 4.74 Å². The van der Waals surface area contributed by atoms with Gasteiger partial charge >= 0.3 is 0 Å². The summed E-state index contributed by atoms with van der Waals surface area (Å²) >= 11 is 0. The molecule has 0 aliphatic carbocycles. The molecule has 0 radical (unpaired) electrons. The van der Waals surface area contributed by atoms with Gasteiger partial charge in [0.1, 0.15) is 5.75 Å². The van der Waals surface area contributed by atoms with E-state index < -0.39 is 0 Å². The van der Waals surface area contributed by atoms with Crippen LogP contribution in [0.2, 0.25) is 0 Å². The molecule has 2 aromatic rings. The maximum absolute atomic E-state index is 5.39. The van der Waals surface area contributed by atoms with E-state index in [1.54, 1.807) is 7.11 Å². The first kappa shape index (κ1) is 12.5. The van der Waals surface area contributed by atoms with Crippen LogP contribution < -0.4 is 10.1 Å². The standard InChI is InChI=1S/C16H22N2O/c1-10-7-13(19-3)8-14-11(2)16(18-15(10)14)12-5-4-6-17-9-12/h7-8,12,17-18H,4-6,9H2,1-3H3. The summed E-state index contributed by atoms with van der Waals surface area (Å²) in [6, 6.07) is 4.25. The van der Waals surface area contributed by atoms with E-state index in [-0.39, 0.29) is 0 Å². The van der Waals surface area contributed by atoms with Crippen LogP contribution in [0.15, 0.2) is 12.1 Å². The lowest BCUT2D eigenvalue weighted by molar-refractivity contribution is 0.415. The van der Waals surface area contributed by atoms with Gasteiger partial charge in [0, 0.05) is 29.1 Å². The van der Waals surface area contributed by atoms with E-state index >= 15 is 0 Å². The number of nitrogens with one attached hydrogen (secondary N) is 2. The van der Waals surface area contributed by atoms with Crippen LogP contribution in [0, 0.1) is 13.8 Å². The number of aromatic nitrogens is 1. The molecule has 0 bridgehead atoms. The molecular weight excluding hydrogens is 236 g/mol. The number of aryl methyl sites for hydroxylation is 2. The second kappa shape index (κ2) is 4.89. The van der Waals surface area contributed by atoms with E-state index in [1.165, 1.54) is 40.6 Å². The highest BCUT2D eigenvalue weighted by atomic mass is 16.5. The Morgan fingerprint density at radius 2 is 2.11 bits per heavy atom. The Hall–Kier alpha value is -1.48. The number of methoxy groups -OCH3 is 1. The van der Waals surface area contributed by atoms with Gasteiger partial charge < -0.3 is 15.0 Å². The van der Waals surface area contributed by atoms with Gasteiger partial charge in [-0.2, -0.15) is 0 Å². The number of ether oxygens (including phenoxy) is 1. The predicted octanol–water partition coefficient (Wildman–Crippen LogP) is 3.26. The largest absolute Gasteiger partial charge is 0.497 e. The van der Waals surface area contributed by atoms with Gasteiger partial charge in [-0.15, -0.1) is 0 Å². The Balaban J connectivity index is 2.11. The van der Waals surface area contributed by atoms with Gasteiger partial charge in [0.2, 0.25) is 0 Å². The molecule has 1 aliphatic rings. The number of H-pyrrole nitrogens is 1. The van der Waals surface area contributed by atoms with Crippen molar-refractivity contribution in [2.45, 2.75) is 32.6 Å². The topological polar surface area (TPSA) is 37.0 Å². The van der Waals surface area contributed by atoms with Crippen molar-refractivity contribution in [1.82, 2.24) is 10.3 Å². The Bertz CT molecular complexity index is 594. The number of fused-ring (bicyclic) bond motifs is 1. The van der Waals surface area contributed by atoms with Crippen LogP contribution in [-0.2, 0) is 0 Å². The molecule has 3 heteroatoms. The summed E-state index contributed by atoms with van der Waals surface area (Å²) in [5, 5.41) is 4.80. The third-order valence-electron chi connectivity index (χ3n) is 4.32. The fourth-order valence-electron chi connectivity index (χ4n) is 3.21. The Morgan fingerprint density at radius 3 is 2.79 bits per heavy atom. The lowest BCUT2D eigenvalue weighted by atomic mass is 9.93. The highest BCUT2D eigenvalue weighted by Crippen LogP contribution is 2.34. The normalized spacial score (nSPS) is 19.8. The average molecular weight is 258 g/mol. The van der Waals surface area contributed by atoms with Gasteiger partial charge in [0.05, 0.1) is 7.11 Å². The number of hydrogen-bond acceptors (Lipinski definition) is 2. The van der Waals surface area contributed by atoms with E-state index in [0.717, 1.165) is 18.8 Å². The van der Waals surface area contributed by atoms with E-state index in [0.29, 0.717) is 5.92 Å². The SMILES string of the molecule is COc1cc(C)c2[nH]c(C3CCCNC3)c(C)c2c1. The van der Waals surface area contributed by atoms with Crippen molar-refractivity contribution in [3.63, 3.8) is 0 Å². The first-order valence-corrected chi connectivity index (χ1v) is 7.08. The van der Waals surface area contributed by atoms with Crippen molar-refractivity contribution in [2.24, 2.45) is 0 Å². The first-order valence-electron chi connectivity index (χ1n) is 7.08. The molecule has 1 aliphatic heterocycles. The minimum Gasteiger partial charge on any atom is -0.497 e. The van der Waals surface area contributed by atoms with Crippen LogP contribution in [0.25, 0.3) is 10.9 Å². The van der Waals surface area contributed by atoms with Crippen molar-refractivity contribution in [3.05, 3.63) is 29.0 Å². The van der Waals surface area contributed by atoms with Crippen LogP contribution in [0.4, 0.5) is 0 Å². The van der Waals surface area contributed by atoms with Gasteiger partial charge in [-0.3, -0.25) is 0 Å². The summed E-state index contributed by atoms with van der Waals surface area (Å²) in [4.78, 5) is 3.66. The molecule has 1 atom stereocenters. The molecule has 0 saturated carbocycles. The van der Waals surface area contributed by atoms with E-state index in [4.69, 9.17) is 4.74 Å². The minimum atomic E-state index is 0.617. The number of aromatic amines is 1. The Morgan fingerprint density at radius 1 is 1.26 bits per heavy atom. The van der Waals surface area contributed by atoms with E-state index in [9.17, 15) is 0 Å². The van der Waals surface area contributed by atoms with Gasteiger partial charge in [0.25, 0.3) is 0 Å². The fraction of sp³-hybridized carbons (Fsp3) is 0.500. The molecule has 3 rings (SSSR count). The second-order valence-corrected chi connectivity index (χ2v) is 5.57. The van der Waals surface area contributed by atoms with Crippen molar-refractivity contribution in [3.8, 4) is 5.75 Å². The number of piperidine rings is 1. The highest BCUT2D eigenvalue weighted by Gasteiger charge is 2.20. The zero-order chi connectivity index (χ0) is 13.4. The van der Waals surface area contributed by atoms with Crippen molar-refractivity contribution >= 4 is 10.9 Å². The summed E-state index contributed by atoms with van der Waals surface area (Å²) in [5.74, 6) is 1.56. The Labute approximate surface area is 114 Å². The highest BCUT2D eigenvalue weighted by molar-refractivity contribution is 5.88. The summed E-state index contributed by atoms with van der Waals surface area (Å²) in [7, 11) is 1.73. The molecule has 2 heterocycles. The van der Waals surface area contributed by atoms with Crippen LogP contribution in [-0.4, -0.2) is 25.2 Å². The molecular formula is C16H22N2O. The summed E-state index contributed by atoms with van der Waals surface area (Å²) < 4.78 is 5.39. The molecule has 3 nitrogen and oxygen atoms in total.